The molecule has 0 heterocycles. The van der Waals surface area contributed by atoms with E-state index in [0.717, 1.165) is 21.9 Å². The molecule has 0 unspecified atom stereocenters. The predicted molar refractivity (Wildman–Crippen MR) is 153 cm³/mol. The molecule has 0 saturated carbocycles. The Kier molecular flexibility index (Phi) is 10.4. The Morgan fingerprint density at radius 3 is 2.28 bits per heavy atom. The van der Waals surface area contributed by atoms with Crippen LogP contribution in [-0.4, -0.2) is 51.4 Å². The normalized spacial score (nSPS) is 11.9. The Morgan fingerprint density at radius 2 is 1.69 bits per heavy atom. The van der Waals surface area contributed by atoms with Crippen LogP contribution in [-0.2, 0) is 26.2 Å². The van der Waals surface area contributed by atoms with Crippen LogP contribution in [0.5, 0.6) is 5.75 Å². The molecule has 39 heavy (non-hydrogen) atoms. The lowest BCUT2D eigenvalue weighted by Crippen LogP contribution is -2.51. The first-order chi connectivity index (χ1) is 18.6. The van der Waals surface area contributed by atoms with Crippen LogP contribution in [0.15, 0.2) is 77.7 Å². The van der Waals surface area contributed by atoms with E-state index in [9.17, 15) is 18.0 Å². The smallest absolute Gasteiger partial charge is 0.264 e. The second kappa shape index (κ2) is 13.5. The second-order valence-electron chi connectivity index (χ2n) is 9.09. The first kappa shape index (κ1) is 30.0. The SMILES string of the molecule is CCCNC(=O)[C@H](C)N(Cc1ccc(OC)cc1)C(=O)CN(c1ccc(C)c(Cl)c1)S(=O)(=O)c1ccccc1. The topological polar surface area (TPSA) is 96.0 Å². The van der Waals surface area contributed by atoms with E-state index in [1.165, 1.54) is 23.1 Å². The van der Waals surface area contributed by atoms with Crippen molar-refractivity contribution in [3.8, 4) is 5.75 Å². The van der Waals surface area contributed by atoms with Crippen LogP contribution in [0.2, 0.25) is 5.02 Å². The molecular weight excluding hydrogens is 538 g/mol. The largest absolute Gasteiger partial charge is 0.497 e. The Hall–Kier alpha value is -3.56. The number of aryl methyl sites for hydroxylation is 1. The summed E-state index contributed by atoms with van der Waals surface area (Å²) in [5.74, 6) is -0.211. The van der Waals surface area contributed by atoms with Gasteiger partial charge < -0.3 is 15.0 Å². The number of carbonyl (C=O) groups excluding carboxylic acids is 2. The zero-order valence-corrected chi connectivity index (χ0v) is 24.1. The van der Waals surface area contributed by atoms with Crippen molar-refractivity contribution >= 4 is 39.1 Å². The molecule has 0 spiro atoms. The van der Waals surface area contributed by atoms with Gasteiger partial charge >= 0.3 is 0 Å². The van der Waals surface area contributed by atoms with E-state index in [-0.39, 0.29) is 23.0 Å². The summed E-state index contributed by atoms with van der Waals surface area (Å²) in [6.45, 7) is 5.40. The molecule has 1 atom stereocenters. The quantitative estimate of drug-likeness (QED) is 0.337. The molecule has 208 valence electrons. The maximum absolute atomic E-state index is 13.9. The number of rotatable bonds is 12. The fourth-order valence-corrected chi connectivity index (χ4v) is 5.49. The van der Waals surface area contributed by atoms with Gasteiger partial charge in [0, 0.05) is 18.1 Å². The molecule has 0 aliphatic rings. The standard InChI is InChI=1S/C29H34ClN3O5S/c1-5-17-31-29(35)22(3)32(19-23-12-15-25(38-4)16-13-23)28(34)20-33(24-14-11-21(2)27(30)18-24)39(36,37)26-9-7-6-8-10-26/h6-16,18,22H,5,17,19-20H2,1-4H3,(H,31,35)/t22-/m0/s1. The van der Waals surface area contributed by atoms with Crippen molar-refractivity contribution in [1.29, 1.82) is 0 Å². The van der Waals surface area contributed by atoms with E-state index in [1.807, 2.05) is 6.92 Å². The summed E-state index contributed by atoms with van der Waals surface area (Å²) in [5, 5.41) is 3.20. The number of methoxy groups -OCH3 is 1. The van der Waals surface area contributed by atoms with Gasteiger partial charge in [-0.25, -0.2) is 8.42 Å². The van der Waals surface area contributed by atoms with Crippen molar-refractivity contribution in [1.82, 2.24) is 10.2 Å². The number of amides is 2. The average Bonchev–Trinajstić information content (AvgIpc) is 2.95. The van der Waals surface area contributed by atoms with Gasteiger partial charge in [0.1, 0.15) is 18.3 Å². The molecule has 3 rings (SSSR count). The number of anilines is 1. The average molecular weight is 572 g/mol. The third kappa shape index (κ3) is 7.52. The fraction of sp³-hybridized carbons (Fsp3) is 0.310. The van der Waals surface area contributed by atoms with E-state index >= 15 is 0 Å². The Balaban J connectivity index is 2.02. The number of hydrogen-bond acceptors (Lipinski definition) is 5. The molecule has 3 aromatic rings. The zero-order valence-electron chi connectivity index (χ0n) is 22.6. The highest BCUT2D eigenvalue weighted by molar-refractivity contribution is 7.92. The van der Waals surface area contributed by atoms with Gasteiger partial charge in [0.2, 0.25) is 11.8 Å². The molecule has 2 amide bonds. The van der Waals surface area contributed by atoms with E-state index in [4.69, 9.17) is 16.3 Å². The third-order valence-corrected chi connectivity index (χ3v) is 8.48. The van der Waals surface area contributed by atoms with Gasteiger partial charge in [-0.15, -0.1) is 0 Å². The highest BCUT2D eigenvalue weighted by Gasteiger charge is 2.32. The van der Waals surface area contributed by atoms with E-state index in [1.54, 1.807) is 75.6 Å². The maximum Gasteiger partial charge on any atom is 0.264 e. The van der Waals surface area contributed by atoms with Crippen LogP contribution in [0, 0.1) is 6.92 Å². The molecule has 0 bridgehead atoms. The van der Waals surface area contributed by atoms with Gasteiger partial charge in [0.15, 0.2) is 0 Å². The summed E-state index contributed by atoms with van der Waals surface area (Å²) in [6, 6.07) is 19.0. The monoisotopic (exact) mass is 571 g/mol. The van der Waals surface area contributed by atoms with Crippen molar-refractivity contribution in [3.63, 3.8) is 0 Å². The van der Waals surface area contributed by atoms with Crippen molar-refractivity contribution < 1.29 is 22.7 Å². The lowest BCUT2D eigenvalue weighted by atomic mass is 10.1. The van der Waals surface area contributed by atoms with Gasteiger partial charge in [0.05, 0.1) is 17.7 Å². The lowest BCUT2D eigenvalue weighted by molar-refractivity contribution is -0.139. The first-order valence-corrected chi connectivity index (χ1v) is 14.4. The molecule has 0 aliphatic heterocycles. The number of nitrogens with zero attached hydrogens (tertiary/aromatic N) is 2. The number of hydrogen-bond donors (Lipinski definition) is 1. The molecule has 0 aliphatic carbocycles. The van der Waals surface area contributed by atoms with Crippen LogP contribution in [0.3, 0.4) is 0 Å². The molecular formula is C29H34ClN3O5S. The van der Waals surface area contributed by atoms with E-state index in [2.05, 4.69) is 5.32 Å². The Bertz CT molecular complexity index is 1380. The first-order valence-electron chi connectivity index (χ1n) is 12.6. The van der Waals surface area contributed by atoms with Gasteiger partial charge in [-0.05, 0) is 67.8 Å². The lowest BCUT2D eigenvalue weighted by Gasteiger charge is -2.32. The minimum Gasteiger partial charge on any atom is -0.497 e. The van der Waals surface area contributed by atoms with Gasteiger partial charge in [-0.2, -0.15) is 0 Å². The highest BCUT2D eigenvalue weighted by Crippen LogP contribution is 2.28. The fourth-order valence-electron chi connectivity index (χ4n) is 3.89. The Morgan fingerprint density at radius 1 is 1.03 bits per heavy atom. The predicted octanol–water partition coefficient (Wildman–Crippen LogP) is 4.80. The third-order valence-electron chi connectivity index (χ3n) is 6.28. The zero-order chi connectivity index (χ0) is 28.6. The number of halogens is 1. The van der Waals surface area contributed by atoms with Crippen LogP contribution in [0.25, 0.3) is 0 Å². The van der Waals surface area contributed by atoms with Gasteiger partial charge in [-0.1, -0.05) is 54.9 Å². The van der Waals surface area contributed by atoms with Crippen molar-refractivity contribution in [2.45, 2.75) is 44.7 Å². The summed E-state index contributed by atoms with van der Waals surface area (Å²) in [4.78, 5) is 28.2. The molecule has 8 nitrogen and oxygen atoms in total. The van der Waals surface area contributed by atoms with Crippen molar-refractivity contribution in [2.24, 2.45) is 0 Å². The van der Waals surface area contributed by atoms with Gasteiger partial charge in [-0.3, -0.25) is 13.9 Å². The molecule has 0 fully saturated rings. The Labute approximate surface area is 235 Å². The summed E-state index contributed by atoms with van der Waals surface area (Å²) in [5.41, 5.74) is 1.77. The van der Waals surface area contributed by atoms with Crippen LogP contribution in [0.1, 0.15) is 31.4 Å². The van der Waals surface area contributed by atoms with Crippen LogP contribution >= 0.6 is 11.6 Å². The number of carbonyl (C=O) groups is 2. The van der Waals surface area contributed by atoms with Crippen LogP contribution in [0.4, 0.5) is 5.69 Å². The maximum atomic E-state index is 13.9. The number of ether oxygens (including phenoxy) is 1. The van der Waals surface area contributed by atoms with E-state index < -0.39 is 28.5 Å². The number of benzene rings is 3. The van der Waals surface area contributed by atoms with Gasteiger partial charge in [0.25, 0.3) is 10.0 Å². The summed E-state index contributed by atoms with van der Waals surface area (Å²) in [7, 11) is -2.58. The summed E-state index contributed by atoms with van der Waals surface area (Å²) < 4.78 is 33.8. The van der Waals surface area contributed by atoms with Crippen molar-refractivity contribution in [2.75, 3.05) is 24.5 Å². The number of nitrogens with one attached hydrogen (secondary N) is 1. The molecule has 10 heteroatoms. The summed E-state index contributed by atoms with van der Waals surface area (Å²) >= 11 is 6.35. The molecule has 1 N–H and O–H groups in total. The van der Waals surface area contributed by atoms with Crippen LogP contribution < -0.4 is 14.4 Å². The molecule has 0 saturated heterocycles. The minimum atomic E-state index is -4.14. The molecule has 0 radical (unpaired) electrons. The summed E-state index contributed by atoms with van der Waals surface area (Å²) in [6.07, 6.45) is 0.738. The second-order valence-corrected chi connectivity index (χ2v) is 11.4. The minimum absolute atomic E-state index is 0.0324. The van der Waals surface area contributed by atoms with Crippen molar-refractivity contribution in [3.05, 3.63) is 88.9 Å². The highest BCUT2D eigenvalue weighted by atomic mass is 35.5. The van der Waals surface area contributed by atoms with E-state index in [0.29, 0.717) is 17.3 Å². The molecule has 3 aromatic carbocycles. The number of sulfonamides is 1. The molecule has 0 aromatic heterocycles.